The van der Waals surface area contributed by atoms with E-state index < -0.39 is 0 Å². The Balaban J connectivity index is 1.80. The van der Waals surface area contributed by atoms with Crippen LogP contribution in [0.25, 0.3) is 0 Å². The number of nitrogens with zero attached hydrogens (tertiary/aromatic N) is 1. The van der Waals surface area contributed by atoms with Gasteiger partial charge in [0.2, 0.25) is 5.91 Å². The maximum atomic E-state index is 12.5. The summed E-state index contributed by atoms with van der Waals surface area (Å²) < 4.78 is 5.69. The van der Waals surface area contributed by atoms with Crippen molar-refractivity contribution in [2.75, 3.05) is 46.4 Å². The van der Waals surface area contributed by atoms with Crippen LogP contribution < -0.4 is 10.6 Å². The van der Waals surface area contributed by atoms with E-state index in [0.717, 1.165) is 45.6 Å². The third-order valence-electron chi connectivity index (χ3n) is 4.73. The first-order valence-electron chi connectivity index (χ1n) is 7.79. The molecule has 0 aromatic heterocycles. The number of likely N-dealkylation sites (N-methyl/N-ethyl adjacent to an activating group) is 1. The molecule has 2 aliphatic rings. The summed E-state index contributed by atoms with van der Waals surface area (Å²) in [4.78, 5) is 14.7. The number of ether oxygens (including phenoxy) is 1. The molecule has 5 heteroatoms. The first-order chi connectivity index (χ1) is 9.50. The molecule has 2 heterocycles. The molecule has 0 aliphatic carbocycles. The smallest absolute Gasteiger partial charge is 0.226 e. The van der Waals surface area contributed by atoms with E-state index in [1.54, 1.807) is 0 Å². The van der Waals surface area contributed by atoms with E-state index in [0.29, 0.717) is 12.5 Å². The summed E-state index contributed by atoms with van der Waals surface area (Å²) in [5.41, 5.74) is -0.312. The summed E-state index contributed by atoms with van der Waals surface area (Å²) in [6.07, 6.45) is 2.42. The molecule has 2 saturated heterocycles. The first-order valence-corrected chi connectivity index (χ1v) is 7.79. The van der Waals surface area contributed by atoms with Crippen LogP contribution in [0.1, 0.15) is 26.7 Å². The Morgan fingerprint density at radius 1 is 1.50 bits per heavy atom. The molecule has 0 saturated carbocycles. The van der Waals surface area contributed by atoms with E-state index in [2.05, 4.69) is 36.4 Å². The molecule has 1 amide bonds. The van der Waals surface area contributed by atoms with E-state index in [9.17, 15) is 4.79 Å². The molecule has 2 fully saturated rings. The van der Waals surface area contributed by atoms with Gasteiger partial charge in [-0.2, -0.15) is 0 Å². The van der Waals surface area contributed by atoms with Crippen molar-refractivity contribution < 1.29 is 9.53 Å². The summed E-state index contributed by atoms with van der Waals surface area (Å²) in [6, 6.07) is 0. The van der Waals surface area contributed by atoms with Crippen LogP contribution in [-0.4, -0.2) is 63.3 Å². The molecular formula is C15H29N3O2. The van der Waals surface area contributed by atoms with E-state index in [4.69, 9.17) is 4.74 Å². The van der Waals surface area contributed by atoms with Crippen LogP contribution >= 0.6 is 0 Å². The van der Waals surface area contributed by atoms with Gasteiger partial charge < -0.3 is 20.3 Å². The number of rotatable bonds is 4. The van der Waals surface area contributed by atoms with Crippen molar-refractivity contribution >= 4 is 5.91 Å². The van der Waals surface area contributed by atoms with Crippen LogP contribution in [0.15, 0.2) is 0 Å². The van der Waals surface area contributed by atoms with Crippen LogP contribution in [0.3, 0.4) is 0 Å². The number of hydrogen-bond acceptors (Lipinski definition) is 4. The van der Waals surface area contributed by atoms with E-state index >= 15 is 0 Å². The lowest BCUT2D eigenvalue weighted by Crippen LogP contribution is -2.51. The normalized spacial score (nSPS) is 29.1. The summed E-state index contributed by atoms with van der Waals surface area (Å²) in [5.74, 6) is 0.578. The van der Waals surface area contributed by atoms with Crippen LogP contribution in [0, 0.1) is 11.3 Å². The minimum absolute atomic E-state index is 0.123. The fourth-order valence-corrected chi connectivity index (χ4v) is 3.08. The predicted molar refractivity (Wildman–Crippen MR) is 79.6 cm³/mol. The molecule has 0 bridgehead atoms. The van der Waals surface area contributed by atoms with Crippen molar-refractivity contribution in [2.24, 2.45) is 11.3 Å². The van der Waals surface area contributed by atoms with Gasteiger partial charge in [0.15, 0.2) is 0 Å². The molecule has 2 unspecified atom stereocenters. The second kappa shape index (κ2) is 6.87. The summed E-state index contributed by atoms with van der Waals surface area (Å²) in [6.45, 7) is 9.40. The Hall–Kier alpha value is -0.650. The van der Waals surface area contributed by atoms with E-state index in [-0.39, 0.29) is 17.4 Å². The Kier molecular flexibility index (Phi) is 5.41. The van der Waals surface area contributed by atoms with Gasteiger partial charge in [0.25, 0.3) is 0 Å². The van der Waals surface area contributed by atoms with Gasteiger partial charge in [0.05, 0.1) is 12.7 Å². The van der Waals surface area contributed by atoms with Crippen molar-refractivity contribution in [2.45, 2.75) is 32.8 Å². The average molecular weight is 283 g/mol. The van der Waals surface area contributed by atoms with Gasteiger partial charge in [-0.3, -0.25) is 4.79 Å². The van der Waals surface area contributed by atoms with Gasteiger partial charge in [-0.05, 0) is 38.9 Å². The molecule has 0 aromatic carbocycles. The molecule has 2 rings (SSSR count). The highest BCUT2D eigenvalue weighted by Gasteiger charge is 2.37. The molecule has 0 radical (unpaired) electrons. The highest BCUT2D eigenvalue weighted by Crippen LogP contribution is 2.31. The van der Waals surface area contributed by atoms with E-state index in [1.165, 1.54) is 0 Å². The monoisotopic (exact) mass is 283 g/mol. The molecule has 5 nitrogen and oxygen atoms in total. The lowest BCUT2D eigenvalue weighted by Gasteiger charge is -2.37. The SMILES string of the molecule is CN1CCOC(CNC(=O)C(C)(C)C2CCCNC2)C1. The largest absolute Gasteiger partial charge is 0.374 e. The third-order valence-corrected chi connectivity index (χ3v) is 4.73. The van der Waals surface area contributed by atoms with Crippen LogP contribution in [0.4, 0.5) is 0 Å². The molecule has 20 heavy (non-hydrogen) atoms. The van der Waals surface area contributed by atoms with Crippen molar-refractivity contribution in [1.82, 2.24) is 15.5 Å². The number of nitrogens with one attached hydrogen (secondary N) is 2. The number of carbonyl (C=O) groups excluding carboxylic acids is 1. The van der Waals surface area contributed by atoms with Gasteiger partial charge in [-0.25, -0.2) is 0 Å². The van der Waals surface area contributed by atoms with Gasteiger partial charge in [-0.1, -0.05) is 13.8 Å². The third kappa shape index (κ3) is 3.93. The summed E-state index contributed by atoms with van der Waals surface area (Å²) in [7, 11) is 2.09. The zero-order chi connectivity index (χ0) is 14.6. The average Bonchev–Trinajstić information content (AvgIpc) is 2.45. The number of piperidine rings is 1. The second-order valence-corrected chi connectivity index (χ2v) is 6.73. The topological polar surface area (TPSA) is 53.6 Å². The highest BCUT2D eigenvalue weighted by atomic mass is 16.5. The summed E-state index contributed by atoms with van der Waals surface area (Å²) in [5, 5.41) is 6.49. The van der Waals surface area contributed by atoms with Crippen molar-refractivity contribution in [3.8, 4) is 0 Å². The highest BCUT2D eigenvalue weighted by molar-refractivity contribution is 5.82. The quantitative estimate of drug-likeness (QED) is 0.787. The fourth-order valence-electron chi connectivity index (χ4n) is 3.08. The van der Waals surface area contributed by atoms with Gasteiger partial charge >= 0.3 is 0 Å². The fraction of sp³-hybridized carbons (Fsp3) is 0.933. The molecular weight excluding hydrogens is 254 g/mol. The van der Waals surface area contributed by atoms with Crippen LogP contribution in [-0.2, 0) is 9.53 Å². The lowest BCUT2D eigenvalue weighted by atomic mass is 9.74. The summed E-state index contributed by atoms with van der Waals surface area (Å²) >= 11 is 0. The molecule has 2 N–H and O–H groups in total. The van der Waals surface area contributed by atoms with Crippen molar-refractivity contribution in [3.05, 3.63) is 0 Å². The number of morpholine rings is 1. The first kappa shape index (κ1) is 15.7. The van der Waals surface area contributed by atoms with Gasteiger partial charge in [-0.15, -0.1) is 0 Å². The zero-order valence-electron chi connectivity index (χ0n) is 13.1. The molecule has 0 spiro atoms. The van der Waals surface area contributed by atoms with Crippen molar-refractivity contribution in [3.63, 3.8) is 0 Å². The Labute approximate surface area is 122 Å². The Bertz CT molecular complexity index is 327. The van der Waals surface area contributed by atoms with Crippen LogP contribution in [0.2, 0.25) is 0 Å². The molecule has 0 aromatic rings. The molecule has 2 aliphatic heterocycles. The number of amides is 1. The maximum absolute atomic E-state index is 12.5. The standard InChI is InChI=1S/C15H29N3O2/c1-15(2,12-5-4-6-16-9-12)14(19)17-10-13-11-18(3)7-8-20-13/h12-13,16H,4-11H2,1-3H3,(H,17,19). The maximum Gasteiger partial charge on any atom is 0.226 e. The second-order valence-electron chi connectivity index (χ2n) is 6.73. The van der Waals surface area contributed by atoms with Crippen molar-refractivity contribution in [1.29, 1.82) is 0 Å². The Morgan fingerprint density at radius 2 is 2.30 bits per heavy atom. The zero-order valence-corrected chi connectivity index (χ0v) is 13.1. The lowest BCUT2D eigenvalue weighted by molar-refractivity contribution is -0.133. The molecule has 116 valence electrons. The number of hydrogen-bond donors (Lipinski definition) is 2. The predicted octanol–water partition coefficient (Wildman–Crippen LogP) is 0.459. The Morgan fingerprint density at radius 3 is 2.95 bits per heavy atom. The van der Waals surface area contributed by atoms with Gasteiger partial charge in [0, 0.05) is 25.0 Å². The van der Waals surface area contributed by atoms with E-state index in [1.807, 2.05) is 0 Å². The van der Waals surface area contributed by atoms with Gasteiger partial charge in [0.1, 0.15) is 0 Å². The van der Waals surface area contributed by atoms with Crippen LogP contribution in [0.5, 0.6) is 0 Å². The number of carbonyl (C=O) groups is 1. The molecule has 2 atom stereocenters. The minimum Gasteiger partial charge on any atom is -0.374 e. The minimum atomic E-state index is -0.312.